The van der Waals surface area contributed by atoms with E-state index < -0.39 is 21.6 Å². The number of rotatable bonds is 9. The zero-order chi connectivity index (χ0) is 29.9. The summed E-state index contributed by atoms with van der Waals surface area (Å²) in [6.45, 7) is 1.98. The van der Waals surface area contributed by atoms with Gasteiger partial charge in [-0.15, -0.1) is 0 Å². The van der Waals surface area contributed by atoms with E-state index >= 15 is 4.39 Å². The molecule has 2 heterocycles. The van der Waals surface area contributed by atoms with Gasteiger partial charge in [0.15, 0.2) is 14.9 Å². The number of nitrogens with one attached hydrogen (secondary N) is 1. The number of carbonyl (C=O) groups is 1. The van der Waals surface area contributed by atoms with Crippen molar-refractivity contribution >= 4 is 43.9 Å². The van der Waals surface area contributed by atoms with Gasteiger partial charge in [-0.05, 0) is 76.7 Å². The van der Waals surface area contributed by atoms with Crippen LogP contribution in [0.5, 0.6) is 11.5 Å². The van der Waals surface area contributed by atoms with Crippen molar-refractivity contribution in [2.45, 2.75) is 18.4 Å². The number of fused-ring (bicyclic) bond motifs is 1. The van der Waals surface area contributed by atoms with Gasteiger partial charge in [-0.25, -0.2) is 22.6 Å². The number of H-pyrrole nitrogens is 1. The van der Waals surface area contributed by atoms with E-state index in [1.807, 2.05) is 37.3 Å². The minimum Gasteiger partial charge on any atom is -0.478 e. The van der Waals surface area contributed by atoms with Crippen LogP contribution < -0.4 is 4.74 Å². The highest BCUT2D eigenvalue weighted by Crippen LogP contribution is 2.38. The molecule has 0 radical (unpaired) electrons. The molecule has 42 heavy (non-hydrogen) atoms. The lowest BCUT2D eigenvalue weighted by Gasteiger charge is -2.18. The molecular weight excluding hydrogens is 557 g/mol. The summed E-state index contributed by atoms with van der Waals surface area (Å²) >= 11 is 0. The Balaban J connectivity index is 1.62. The molecule has 0 aliphatic carbocycles. The number of benzene rings is 3. The number of pyridine rings is 1. The van der Waals surface area contributed by atoms with Crippen LogP contribution in [0.2, 0.25) is 0 Å². The van der Waals surface area contributed by atoms with Gasteiger partial charge in [0.1, 0.15) is 17.3 Å². The lowest BCUT2D eigenvalue weighted by Crippen LogP contribution is -2.00. The van der Waals surface area contributed by atoms with Gasteiger partial charge in [-0.1, -0.05) is 43.3 Å². The van der Waals surface area contributed by atoms with Crippen molar-refractivity contribution in [1.29, 1.82) is 0 Å². The number of aliphatic carboxylic acids is 1. The summed E-state index contributed by atoms with van der Waals surface area (Å²) in [6, 6.07) is 21.0. The van der Waals surface area contributed by atoms with Crippen LogP contribution in [0.15, 0.2) is 96.3 Å². The molecule has 8 nitrogen and oxygen atoms in total. The van der Waals surface area contributed by atoms with Gasteiger partial charge in [0.2, 0.25) is 0 Å². The predicted octanol–water partition coefficient (Wildman–Crippen LogP) is 6.76. The van der Waals surface area contributed by atoms with Crippen molar-refractivity contribution in [3.8, 4) is 11.5 Å². The molecule has 0 unspecified atom stereocenters. The number of carboxylic acid groups (broad SMARTS) is 1. The summed E-state index contributed by atoms with van der Waals surface area (Å²) in [6.07, 6.45) is 6.99. The molecule has 0 bridgehead atoms. The zero-order valence-corrected chi connectivity index (χ0v) is 23.5. The molecular formula is C32H26FN3O5S. The van der Waals surface area contributed by atoms with Crippen molar-refractivity contribution in [3.63, 3.8) is 0 Å². The van der Waals surface area contributed by atoms with E-state index in [-0.39, 0.29) is 5.03 Å². The molecule has 0 aliphatic rings. The highest BCUT2D eigenvalue weighted by Gasteiger charge is 2.19. The minimum atomic E-state index is -3.44. The Labute approximate surface area is 241 Å². The summed E-state index contributed by atoms with van der Waals surface area (Å²) < 4.78 is 45.5. The average Bonchev–Trinajstić information content (AvgIpc) is 3.46. The third-order valence-corrected chi connectivity index (χ3v) is 7.61. The first-order valence-corrected chi connectivity index (χ1v) is 14.8. The van der Waals surface area contributed by atoms with Crippen LogP contribution in [0.1, 0.15) is 35.6 Å². The Bertz CT molecular complexity index is 1940. The molecule has 0 amide bonds. The number of carboxylic acids is 1. The molecule has 0 spiro atoms. The van der Waals surface area contributed by atoms with Gasteiger partial charge in [0.25, 0.3) is 0 Å². The molecule has 2 N–H and O–H groups in total. The third kappa shape index (κ3) is 6.13. The van der Waals surface area contributed by atoms with Crippen molar-refractivity contribution in [3.05, 3.63) is 119 Å². The predicted molar refractivity (Wildman–Crippen MR) is 159 cm³/mol. The highest BCUT2D eigenvalue weighted by atomic mass is 32.2. The van der Waals surface area contributed by atoms with E-state index in [0.29, 0.717) is 45.5 Å². The topological polar surface area (TPSA) is 122 Å². The first-order valence-electron chi connectivity index (χ1n) is 12.9. The number of aromatic amines is 1. The fraction of sp³-hybridized carbons (Fsp3) is 0.0938. The number of allylic oxidation sites excluding steroid dienone is 1. The van der Waals surface area contributed by atoms with E-state index in [0.717, 1.165) is 29.0 Å². The average molecular weight is 584 g/mol. The molecule has 5 aromatic rings. The highest BCUT2D eigenvalue weighted by molar-refractivity contribution is 7.90. The summed E-state index contributed by atoms with van der Waals surface area (Å²) in [5.74, 6) is -0.607. The van der Waals surface area contributed by atoms with Crippen LogP contribution in [0.4, 0.5) is 4.39 Å². The van der Waals surface area contributed by atoms with Crippen LogP contribution in [-0.2, 0) is 14.6 Å². The SMILES string of the molecule is CCC(=C(c1ccc(C=CC(=O)O)cc1)c1ccc2[nH]ncc2c1F)c1cccc(Oc2ccc(S(C)(=O)=O)nc2)c1. The molecule has 0 saturated heterocycles. The van der Waals surface area contributed by atoms with Crippen LogP contribution in [-0.4, -0.2) is 40.9 Å². The third-order valence-electron chi connectivity index (χ3n) is 6.61. The minimum absolute atomic E-state index is 0.0504. The number of halogens is 1. The largest absolute Gasteiger partial charge is 0.478 e. The van der Waals surface area contributed by atoms with Gasteiger partial charge in [0.05, 0.1) is 23.3 Å². The monoisotopic (exact) mass is 583 g/mol. The quantitative estimate of drug-likeness (QED) is 0.145. The molecule has 10 heteroatoms. The van der Waals surface area contributed by atoms with Crippen LogP contribution >= 0.6 is 0 Å². The normalized spacial score (nSPS) is 12.5. The summed E-state index contributed by atoms with van der Waals surface area (Å²) in [7, 11) is -3.44. The second-order valence-corrected chi connectivity index (χ2v) is 11.5. The fourth-order valence-corrected chi connectivity index (χ4v) is 5.21. The van der Waals surface area contributed by atoms with E-state index in [9.17, 15) is 13.2 Å². The maximum absolute atomic E-state index is 16.0. The van der Waals surface area contributed by atoms with Crippen molar-refractivity contribution in [2.75, 3.05) is 6.26 Å². The fourth-order valence-electron chi connectivity index (χ4n) is 4.65. The Morgan fingerprint density at radius 1 is 1.00 bits per heavy atom. The summed E-state index contributed by atoms with van der Waals surface area (Å²) in [5.41, 5.74) is 4.72. The van der Waals surface area contributed by atoms with Crippen molar-refractivity contribution in [2.24, 2.45) is 0 Å². The van der Waals surface area contributed by atoms with Crippen LogP contribution in [0.25, 0.3) is 28.1 Å². The van der Waals surface area contributed by atoms with E-state index in [1.54, 1.807) is 30.3 Å². The summed E-state index contributed by atoms with van der Waals surface area (Å²) in [5, 5.41) is 16.1. The molecule has 0 atom stereocenters. The molecule has 5 rings (SSSR count). The first kappa shape index (κ1) is 28.4. The Morgan fingerprint density at radius 3 is 2.45 bits per heavy atom. The standard InChI is InChI=1S/C32H26FN3O5S/c1-3-25(22-5-4-6-23(17-22)41-24-12-15-29(34-18-24)42(2,39)40)31(21-10-7-20(8-11-21)9-16-30(37)38)26-13-14-28-27(32(26)33)19-35-36-28/h4-19H,3H2,1-2H3,(H,35,36)(H,37,38). The molecule has 3 aromatic carbocycles. The molecule has 0 fully saturated rings. The van der Waals surface area contributed by atoms with Crippen LogP contribution in [0.3, 0.4) is 0 Å². The second-order valence-electron chi connectivity index (χ2n) is 9.49. The van der Waals surface area contributed by atoms with E-state index in [4.69, 9.17) is 9.84 Å². The van der Waals surface area contributed by atoms with Crippen molar-refractivity contribution < 1.29 is 27.4 Å². The number of sulfone groups is 1. The van der Waals surface area contributed by atoms with E-state index in [2.05, 4.69) is 15.2 Å². The van der Waals surface area contributed by atoms with Crippen molar-refractivity contribution in [1.82, 2.24) is 15.2 Å². The molecule has 2 aromatic heterocycles. The van der Waals surface area contributed by atoms with Gasteiger partial charge in [0, 0.05) is 17.9 Å². The zero-order valence-electron chi connectivity index (χ0n) is 22.7. The van der Waals surface area contributed by atoms with Gasteiger partial charge >= 0.3 is 5.97 Å². The number of nitrogens with zero attached hydrogens (tertiary/aromatic N) is 2. The lowest BCUT2D eigenvalue weighted by molar-refractivity contribution is -0.131. The first-order chi connectivity index (χ1) is 20.1. The number of ether oxygens (including phenoxy) is 1. The smallest absolute Gasteiger partial charge is 0.328 e. The molecule has 0 aliphatic heterocycles. The van der Waals surface area contributed by atoms with Gasteiger partial charge in [-0.2, -0.15) is 5.10 Å². The summed E-state index contributed by atoms with van der Waals surface area (Å²) in [4.78, 5) is 14.9. The number of hydrogen-bond acceptors (Lipinski definition) is 6. The van der Waals surface area contributed by atoms with Gasteiger partial charge < -0.3 is 9.84 Å². The Morgan fingerprint density at radius 2 is 1.79 bits per heavy atom. The Kier molecular flexibility index (Phi) is 7.99. The number of hydrogen-bond donors (Lipinski definition) is 2. The van der Waals surface area contributed by atoms with Crippen LogP contribution in [0, 0.1) is 5.82 Å². The number of aromatic nitrogens is 3. The maximum atomic E-state index is 16.0. The van der Waals surface area contributed by atoms with E-state index in [1.165, 1.54) is 30.6 Å². The lowest BCUT2D eigenvalue weighted by atomic mass is 9.87. The molecule has 0 saturated carbocycles. The van der Waals surface area contributed by atoms with Gasteiger partial charge in [-0.3, -0.25) is 5.10 Å². The maximum Gasteiger partial charge on any atom is 0.328 e. The Hall–Kier alpha value is -5.09. The second kappa shape index (κ2) is 11.8. The molecule has 212 valence electrons.